The molecule has 0 aliphatic carbocycles. The number of nitrogens with one attached hydrogen (secondary N) is 1. The van der Waals surface area contributed by atoms with Gasteiger partial charge in [0.25, 0.3) is 0 Å². The molecule has 0 aliphatic heterocycles. The maximum atomic E-state index is 11.2. The third-order valence-electron chi connectivity index (χ3n) is 1.79. The molecule has 0 saturated carbocycles. The van der Waals surface area contributed by atoms with Gasteiger partial charge in [0.2, 0.25) is 5.91 Å². The Kier molecular flexibility index (Phi) is 6.74. The van der Waals surface area contributed by atoms with Gasteiger partial charge in [-0.1, -0.05) is 13.3 Å². The topological polar surface area (TPSA) is 81.4 Å². The highest BCUT2D eigenvalue weighted by Crippen LogP contribution is 1.92. The van der Waals surface area contributed by atoms with Crippen LogP contribution in [0.1, 0.15) is 26.2 Å². The van der Waals surface area contributed by atoms with Gasteiger partial charge in [-0.25, -0.2) is 0 Å². The zero-order chi connectivity index (χ0) is 11.0. The zero-order valence-corrected chi connectivity index (χ0v) is 8.71. The van der Waals surface area contributed by atoms with Crippen LogP contribution in [0.4, 0.5) is 0 Å². The number of ether oxygens (including phenoxy) is 1. The van der Waals surface area contributed by atoms with E-state index in [0.29, 0.717) is 6.42 Å². The molecule has 1 unspecified atom stereocenters. The molecule has 5 heteroatoms. The Morgan fingerprint density at radius 2 is 2.14 bits per heavy atom. The van der Waals surface area contributed by atoms with Gasteiger partial charge in [-0.15, -0.1) is 0 Å². The first-order valence-corrected chi connectivity index (χ1v) is 4.72. The van der Waals surface area contributed by atoms with Crippen molar-refractivity contribution in [2.24, 2.45) is 5.73 Å². The van der Waals surface area contributed by atoms with E-state index in [4.69, 9.17) is 5.73 Å². The number of esters is 1. The van der Waals surface area contributed by atoms with Crippen molar-refractivity contribution < 1.29 is 14.3 Å². The number of nitrogens with two attached hydrogens (primary N) is 1. The molecule has 1 amide bonds. The van der Waals surface area contributed by atoms with Gasteiger partial charge in [0.1, 0.15) is 0 Å². The van der Waals surface area contributed by atoms with Gasteiger partial charge < -0.3 is 15.8 Å². The standard InChI is InChI=1S/C9H18N2O3/c1-3-4-7(10)9(13)11-6-5-8(12)14-2/h7H,3-6,10H2,1-2H3,(H,11,13). The average molecular weight is 202 g/mol. The van der Waals surface area contributed by atoms with Crippen molar-refractivity contribution in [3.8, 4) is 0 Å². The number of carbonyl (C=O) groups is 2. The van der Waals surface area contributed by atoms with Crippen molar-refractivity contribution in [1.29, 1.82) is 0 Å². The van der Waals surface area contributed by atoms with Crippen molar-refractivity contribution >= 4 is 11.9 Å². The fraction of sp³-hybridized carbons (Fsp3) is 0.778. The molecule has 0 saturated heterocycles. The number of carbonyl (C=O) groups excluding carboxylic acids is 2. The van der Waals surface area contributed by atoms with Gasteiger partial charge in [0, 0.05) is 6.54 Å². The highest BCUT2D eigenvalue weighted by molar-refractivity contribution is 5.81. The molecule has 0 heterocycles. The molecule has 0 fully saturated rings. The molecule has 1 atom stereocenters. The van der Waals surface area contributed by atoms with Crippen molar-refractivity contribution in [2.45, 2.75) is 32.2 Å². The summed E-state index contributed by atoms with van der Waals surface area (Å²) in [5.74, 6) is -0.551. The summed E-state index contributed by atoms with van der Waals surface area (Å²) in [4.78, 5) is 21.9. The van der Waals surface area contributed by atoms with E-state index in [2.05, 4.69) is 10.1 Å². The number of hydrogen-bond donors (Lipinski definition) is 2. The van der Waals surface area contributed by atoms with Crippen LogP contribution in [0.25, 0.3) is 0 Å². The van der Waals surface area contributed by atoms with E-state index in [0.717, 1.165) is 6.42 Å². The highest BCUT2D eigenvalue weighted by Gasteiger charge is 2.11. The summed E-state index contributed by atoms with van der Waals surface area (Å²) in [6.45, 7) is 2.24. The van der Waals surface area contributed by atoms with Crippen LogP contribution in [0.3, 0.4) is 0 Å². The maximum absolute atomic E-state index is 11.2. The fourth-order valence-electron chi connectivity index (χ4n) is 0.963. The second-order valence-corrected chi connectivity index (χ2v) is 3.01. The monoisotopic (exact) mass is 202 g/mol. The Hall–Kier alpha value is -1.10. The second kappa shape index (κ2) is 7.32. The molecule has 0 spiro atoms. The minimum atomic E-state index is -0.474. The minimum absolute atomic E-state index is 0.182. The minimum Gasteiger partial charge on any atom is -0.469 e. The van der Waals surface area contributed by atoms with Crippen molar-refractivity contribution in [2.75, 3.05) is 13.7 Å². The quantitative estimate of drug-likeness (QED) is 0.584. The lowest BCUT2D eigenvalue weighted by Gasteiger charge is -2.10. The van der Waals surface area contributed by atoms with E-state index in [1.165, 1.54) is 7.11 Å². The van der Waals surface area contributed by atoms with Crippen LogP contribution < -0.4 is 11.1 Å². The Labute approximate surface area is 84.0 Å². The van der Waals surface area contributed by atoms with Crippen LogP contribution in [0.5, 0.6) is 0 Å². The lowest BCUT2D eigenvalue weighted by Crippen LogP contribution is -2.41. The summed E-state index contributed by atoms with van der Waals surface area (Å²) in [6.07, 6.45) is 1.71. The second-order valence-electron chi connectivity index (χ2n) is 3.01. The first-order valence-electron chi connectivity index (χ1n) is 4.72. The van der Waals surface area contributed by atoms with Crippen molar-refractivity contribution in [1.82, 2.24) is 5.32 Å². The Balaban J connectivity index is 3.58. The van der Waals surface area contributed by atoms with Crippen LogP contribution in [-0.2, 0) is 14.3 Å². The highest BCUT2D eigenvalue weighted by atomic mass is 16.5. The molecule has 0 aromatic heterocycles. The molecule has 14 heavy (non-hydrogen) atoms. The summed E-state index contributed by atoms with van der Waals surface area (Å²) < 4.78 is 4.42. The summed E-state index contributed by atoms with van der Waals surface area (Å²) in [6, 6.07) is -0.474. The fourth-order valence-corrected chi connectivity index (χ4v) is 0.963. The zero-order valence-electron chi connectivity index (χ0n) is 8.71. The van der Waals surface area contributed by atoms with E-state index in [-0.39, 0.29) is 24.8 Å². The third-order valence-corrected chi connectivity index (χ3v) is 1.79. The molecule has 0 aromatic carbocycles. The molecule has 0 aliphatic rings. The van der Waals surface area contributed by atoms with E-state index in [9.17, 15) is 9.59 Å². The number of rotatable bonds is 6. The first kappa shape index (κ1) is 12.9. The van der Waals surface area contributed by atoms with Crippen LogP contribution in [0.2, 0.25) is 0 Å². The van der Waals surface area contributed by atoms with Gasteiger partial charge in [0.05, 0.1) is 19.6 Å². The van der Waals surface area contributed by atoms with Gasteiger partial charge in [-0.05, 0) is 6.42 Å². The lowest BCUT2D eigenvalue weighted by molar-refractivity contribution is -0.140. The molecule has 5 nitrogen and oxygen atoms in total. The molecule has 0 rings (SSSR count). The normalized spacial score (nSPS) is 11.9. The number of hydrogen-bond acceptors (Lipinski definition) is 4. The lowest BCUT2D eigenvalue weighted by atomic mass is 10.2. The first-order chi connectivity index (χ1) is 6.61. The third kappa shape index (κ3) is 5.53. The van der Waals surface area contributed by atoms with Crippen LogP contribution in [-0.4, -0.2) is 31.6 Å². The largest absolute Gasteiger partial charge is 0.469 e. The average Bonchev–Trinajstić information content (AvgIpc) is 2.17. The molecule has 82 valence electrons. The van der Waals surface area contributed by atoms with Crippen LogP contribution in [0, 0.1) is 0 Å². The Bertz CT molecular complexity index is 194. The number of methoxy groups -OCH3 is 1. The molecule has 0 bridgehead atoms. The summed E-state index contributed by atoms with van der Waals surface area (Å²) in [7, 11) is 1.31. The Morgan fingerprint density at radius 1 is 1.50 bits per heavy atom. The van der Waals surface area contributed by atoms with Gasteiger partial charge in [-0.3, -0.25) is 9.59 Å². The SMILES string of the molecule is CCCC(N)C(=O)NCCC(=O)OC. The number of amides is 1. The van der Waals surface area contributed by atoms with E-state index in [1.807, 2.05) is 6.92 Å². The predicted molar refractivity (Wildman–Crippen MR) is 52.5 cm³/mol. The van der Waals surface area contributed by atoms with Gasteiger partial charge >= 0.3 is 5.97 Å². The van der Waals surface area contributed by atoms with Crippen LogP contribution in [0.15, 0.2) is 0 Å². The molecular formula is C9H18N2O3. The van der Waals surface area contributed by atoms with Crippen molar-refractivity contribution in [3.63, 3.8) is 0 Å². The van der Waals surface area contributed by atoms with Crippen molar-refractivity contribution in [3.05, 3.63) is 0 Å². The molecule has 0 aromatic rings. The molecular weight excluding hydrogens is 184 g/mol. The van der Waals surface area contributed by atoms with E-state index >= 15 is 0 Å². The summed E-state index contributed by atoms with van der Waals surface area (Å²) >= 11 is 0. The summed E-state index contributed by atoms with van der Waals surface area (Å²) in [5.41, 5.74) is 5.55. The predicted octanol–water partition coefficient (Wildman–Crippen LogP) is -0.207. The molecule has 0 radical (unpaired) electrons. The van der Waals surface area contributed by atoms with E-state index < -0.39 is 6.04 Å². The smallest absolute Gasteiger partial charge is 0.307 e. The maximum Gasteiger partial charge on any atom is 0.307 e. The van der Waals surface area contributed by atoms with Gasteiger partial charge in [-0.2, -0.15) is 0 Å². The van der Waals surface area contributed by atoms with E-state index in [1.54, 1.807) is 0 Å². The van der Waals surface area contributed by atoms with Gasteiger partial charge in [0.15, 0.2) is 0 Å². The van der Waals surface area contributed by atoms with Crippen LogP contribution >= 0.6 is 0 Å². The summed E-state index contributed by atoms with van der Waals surface area (Å²) in [5, 5.41) is 2.57. The molecule has 3 N–H and O–H groups in total. The Morgan fingerprint density at radius 3 is 2.64 bits per heavy atom.